The Morgan fingerprint density at radius 2 is 2.24 bits per heavy atom. The van der Waals surface area contributed by atoms with Crippen molar-refractivity contribution in [1.29, 1.82) is 0 Å². The van der Waals surface area contributed by atoms with Gasteiger partial charge in [-0.05, 0) is 38.1 Å². The predicted octanol–water partition coefficient (Wildman–Crippen LogP) is 2.05. The quantitative estimate of drug-likeness (QED) is 0.866. The van der Waals surface area contributed by atoms with Crippen LogP contribution in [0.2, 0.25) is 0 Å². The van der Waals surface area contributed by atoms with Crippen LogP contribution in [-0.4, -0.2) is 44.3 Å². The van der Waals surface area contributed by atoms with Gasteiger partial charge in [-0.25, -0.2) is 0 Å². The van der Waals surface area contributed by atoms with Crippen LogP contribution in [0.5, 0.6) is 0 Å². The summed E-state index contributed by atoms with van der Waals surface area (Å²) in [5.74, 6) is 0. The minimum absolute atomic E-state index is 0.300. The Morgan fingerprint density at radius 1 is 1.41 bits per heavy atom. The third kappa shape index (κ3) is 3.45. The number of benzene rings is 1. The molecule has 3 heteroatoms. The van der Waals surface area contributed by atoms with E-state index in [0.717, 1.165) is 26.2 Å². The van der Waals surface area contributed by atoms with Gasteiger partial charge in [-0.3, -0.25) is 0 Å². The maximum atomic E-state index is 5.74. The molecular weight excluding hydrogens is 212 g/mol. The van der Waals surface area contributed by atoms with Crippen LogP contribution >= 0.6 is 0 Å². The molecule has 1 aromatic carbocycles. The van der Waals surface area contributed by atoms with E-state index in [4.69, 9.17) is 4.74 Å². The zero-order chi connectivity index (χ0) is 12.3. The number of aryl methyl sites for hydroxylation is 2. The van der Waals surface area contributed by atoms with E-state index < -0.39 is 0 Å². The molecule has 1 aliphatic rings. The number of hydrogen-bond donors (Lipinski definition) is 1. The predicted molar refractivity (Wildman–Crippen MR) is 71.6 cm³/mol. The fourth-order valence-corrected chi connectivity index (χ4v) is 2.14. The van der Waals surface area contributed by atoms with Crippen molar-refractivity contribution in [2.45, 2.75) is 20.0 Å². The summed E-state index contributed by atoms with van der Waals surface area (Å²) in [6, 6.07) is 6.50. The smallest absolute Gasteiger partial charge is 0.0874 e. The van der Waals surface area contributed by atoms with Crippen molar-refractivity contribution in [2.24, 2.45) is 0 Å². The number of anilines is 1. The molecule has 94 valence electrons. The lowest BCUT2D eigenvalue weighted by Gasteiger charge is -2.30. The SMILES string of the molecule is Cc1ccc(C)c(NCC2CN(C)CCO2)c1. The van der Waals surface area contributed by atoms with Gasteiger partial charge in [0.2, 0.25) is 0 Å². The standard InChI is InChI=1S/C14H22N2O/c1-11-4-5-12(2)14(8-11)15-9-13-10-16(3)6-7-17-13/h4-5,8,13,15H,6-7,9-10H2,1-3H3. The molecule has 1 fully saturated rings. The van der Waals surface area contributed by atoms with Gasteiger partial charge in [-0.1, -0.05) is 12.1 Å². The molecule has 2 rings (SSSR count). The monoisotopic (exact) mass is 234 g/mol. The minimum Gasteiger partial charge on any atom is -0.382 e. The van der Waals surface area contributed by atoms with E-state index in [1.807, 2.05) is 0 Å². The van der Waals surface area contributed by atoms with E-state index in [0.29, 0.717) is 6.10 Å². The van der Waals surface area contributed by atoms with Crippen molar-refractivity contribution >= 4 is 5.69 Å². The van der Waals surface area contributed by atoms with E-state index in [1.165, 1.54) is 16.8 Å². The fraction of sp³-hybridized carbons (Fsp3) is 0.571. The third-order valence-corrected chi connectivity index (χ3v) is 3.26. The molecule has 1 atom stereocenters. The van der Waals surface area contributed by atoms with Gasteiger partial charge in [0.05, 0.1) is 12.7 Å². The van der Waals surface area contributed by atoms with Crippen LogP contribution in [-0.2, 0) is 4.74 Å². The lowest BCUT2D eigenvalue weighted by Crippen LogP contribution is -2.43. The van der Waals surface area contributed by atoms with Gasteiger partial charge < -0.3 is 15.0 Å². The van der Waals surface area contributed by atoms with Gasteiger partial charge >= 0.3 is 0 Å². The molecule has 0 aliphatic carbocycles. The summed E-state index contributed by atoms with van der Waals surface area (Å²) in [7, 11) is 2.15. The molecule has 1 saturated heterocycles. The average molecular weight is 234 g/mol. The highest BCUT2D eigenvalue weighted by Crippen LogP contribution is 2.16. The Hall–Kier alpha value is -1.06. The lowest BCUT2D eigenvalue weighted by molar-refractivity contribution is -0.0117. The fourth-order valence-electron chi connectivity index (χ4n) is 2.14. The topological polar surface area (TPSA) is 24.5 Å². The summed E-state index contributed by atoms with van der Waals surface area (Å²) >= 11 is 0. The van der Waals surface area contributed by atoms with E-state index in [2.05, 4.69) is 49.3 Å². The molecule has 0 bridgehead atoms. The summed E-state index contributed by atoms with van der Waals surface area (Å²) in [4.78, 5) is 2.32. The minimum atomic E-state index is 0.300. The first-order valence-corrected chi connectivity index (χ1v) is 6.26. The summed E-state index contributed by atoms with van der Waals surface area (Å²) in [5.41, 5.74) is 3.81. The zero-order valence-electron chi connectivity index (χ0n) is 11.0. The first-order chi connectivity index (χ1) is 8.15. The van der Waals surface area contributed by atoms with E-state index in [-0.39, 0.29) is 0 Å². The second-order valence-electron chi connectivity index (χ2n) is 4.95. The summed E-state index contributed by atoms with van der Waals surface area (Å²) in [5, 5.41) is 3.49. The van der Waals surface area contributed by atoms with Gasteiger partial charge in [0.15, 0.2) is 0 Å². The molecule has 1 aliphatic heterocycles. The molecular formula is C14H22N2O. The molecule has 0 saturated carbocycles. The Kier molecular flexibility index (Phi) is 4.02. The van der Waals surface area contributed by atoms with Crippen molar-refractivity contribution in [2.75, 3.05) is 38.6 Å². The number of morpholine rings is 1. The van der Waals surface area contributed by atoms with Gasteiger partial charge in [0.1, 0.15) is 0 Å². The largest absolute Gasteiger partial charge is 0.382 e. The number of rotatable bonds is 3. The Bertz CT molecular complexity index is 378. The van der Waals surface area contributed by atoms with Crippen LogP contribution in [0.3, 0.4) is 0 Å². The highest BCUT2D eigenvalue weighted by Gasteiger charge is 2.17. The molecule has 1 N–H and O–H groups in total. The number of nitrogens with one attached hydrogen (secondary N) is 1. The second kappa shape index (κ2) is 5.52. The van der Waals surface area contributed by atoms with Crippen molar-refractivity contribution < 1.29 is 4.74 Å². The Labute approximate surface area is 104 Å². The number of hydrogen-bond acceptors (Lipinski definition) is 3. The third-order valence-electron chi connectivity index (χ3n) is 3.26. The van der Waals surface area contributed by atoms with Gasteiger partial charge in [-0.2, -0.15) is 0 Å². The van der Waals surface area contributed by atoms with Crippen LogP contribution in [0.25, 0.3) is 0 Å². The van der Waals surface area contributed by atoms with E-state index in [9.17, 15) is 0 Å². The van der Waals surface area contributed by atoms with Crippen molar-refractivity contribution in [3.8, 4) is 0 Å². The maximum absolute atomic E-state index is 5.74. The zero-order valence-corrected chi connectivity index (χ0v) is 11.0. The highest BCUT2D eigenvalue weighted by atomic mass is 16.5. The molecule has 0 aromatic heterocycles. The molecule has 0 radical (unpaired) electrons. The Morgan fingerprint density at radius 3 is 3.00 bits per heavy atom. The summed E-state index contributed by atoms with van der Waals surface area (Å²) < 4.78 is 5.74. The van der Waals surface area contributed by atoms with Crippen LogP contribution in [0.4, 0.5) is 5.69 Å². The molecule has 0 amide bonds. The number of ether oxygens (including phenoxy) is 1. The van der Waals surface area contributed by atoms with Crippen LogP contribution in [0, 0.1) is 13.8 Å². The molecule has 1 unspecified atom stereocenters. The molecule has 17 heavy (non-hydrogen) atoms. The molecule has 1 aromatic rings. The van der Waals surface area contributed by atoms with E-state index in [1.54, 1.807) is 0 Å². The lowest BCUT2D eigenvalue weighted by atomic mass is 10.1. The van der Waals surface area contributed by atoms with Crippen molar-refractivity contribution in [1.82, 2.24) is 4.90 Å². The summed E-state index contributed by atoms with van der Waals surface area (Å²) in [6.07, 6.45) is 0.300. The van der Waals surface area contributed by atoms with Crippen LogP contribution in [0.15, 0.2) is 18.2 Å². The van der Waals surface area contributed by atoms with Crippen LogP contribution in [0.1, 0.15) is 11.1 Å². The summed E-state index contributed by atoms with van der Waals surface area (Å²) in [6.45, 7) is 8.03. The molecule has 0 spiro atoms. The first kappa shape index (κ1) is 12.4. The highest BCUT2D eigenvalue weighted by molar-refractivity contribution is 5.52. The Balaban J connectivity index is 1.90. The molecule has 3 nitrogen and oxygen atoms in total. The molecule has 1 heterocycles. The normalized spacial score (nSPS) is 21.5. The first-order valence-electron chi connectivity index (χ1n) is 6.26. The van der Waals surface area contributed by atoms with Crippen molar-refractivity contribution in [3.05, 3.63) is 29.3 Å². The average Bonchev–Trinajstić information content (AvgIpc) is 2.30. The van der Waals surface area contributed by atoms with E-state index >= 15 is 0 Å². The number of nitrogens with zero attached hydrogens (tertiary/aromatic N) is 1. The van der Waals surface area contributed by atoms with Gasteiger partial charge in [0, 0.05) is 25.3 Å². The van der Waals surface area contributed by atoms with Crippen molar-refractivity contribution in [3.63, 3.8) is 0 Å². The van der Waals surface area contributed by atoms with Crippen LogP contribution < -0.4 is 5.32 Å². The van der Waals surface area contributed by atoms with Gasteiger partial charge in [-0.15, -0.1) is 0 Å². The number of likely N-dealkylation sites (N-methyl/N-ethyl adjacent to an activating group) is 1. The van der Waals surface area contributed by atoms with Gasteiger partial charge in [0.25, 0.3) is 0 Å². The second-order valence-corrected chi connectivity index (χ2v) is 4.95. The maximum Gasteiger partial charge on any atom is 0.0874 e.